The largest absolute Gasteiger partial charge is 0.497 e. The number of aliphatic hydroxyl groups excluding tert-OH is 3. The van der Waals surface area contributed by atoms with Crippen LogP contribution >= 0.6 is 0 Å². The Morgan fingerprint density at radius 1 is 0.606 bits per heavy atom. The van der Waals surface area contributed by atoms with Gasteiger partial charge in [-0.25, -0.2) is 0 Å². The summed E-state index contributed by atoms with van der Waals surface area (Å²) in [6.07, 6.45) is 2.83. The third-order valence-electron chi connectivity index (χ3n) is 4.85. The highest BCUT2D eigenvalue weighted by Crippen LogP contribution is 2.21. The van der Waals surface area contributed by atoms with Crippen molar-refractivity contribution < 1.29 is 43.7 Å². The Morgan fingerprint density at radius 2 is 1.06 bits per heavy atom. The van der Waals surface area contributed by atoms with Gasteiger partial charge in [-0.3, -0.25) is 0 Å². The third-order valence-corrected chi connectivity index (χ3v) is 4.85. The first-order chi connectivity index (χ1) is 16.2. The van der Waals surface area contributed by atoms with Gasteiger partial charge in [0.15, 0.2) is 0 Å². The van der Waals surface area contributed by atoms with Crippen LogP contribution in [0.4, 0.5) is 0 Å². The van der Waals surface area contributed by atoms with Crippen LogP contribution in [0.15, 0.2) is 24.3 Å². The lowest BCUT2D eigenvalue weighted by Crippen LogP contribution is -2.42. The number of hydrogen-bond acceptors (Lipinski definition) is 9. The van der Waals surface area contributed by atoms with Crippen LogP contribution in [-0.2, 0) is 30.3 Å². The molecule has 0 aliphatic rings. The average molecular weight is 475 g/mol. The molecule has 0 heterocycles. The lowest BCUT2D eigenvalue weighted by Gasteiger charge is -2.33. The third kappa shape index (κ3) is 14.5. The molecule has 0 saturated carbocycles. The van der Waals surface area contributed by atoms with Gasteiger partial charge >= 0.3 is 0 Å². The lowest BCUT2D eigenvalue weighted by atomic mass is 9.92. The number of rotatable bonds is 23. The quantitative estimate of drug-likeness (QED) is 0.202. The molecule has 0 aliphatic heterocycles. The minimum absolute atomic E-state index is 0.0769. The number of hydrogen-bond donors (Lipinski definition) is 3. The molecule has 9 nitrogen and oxygen atoms in total. The smallest absolute Gasteiger partial charge is 0.118 e. The van der Waals surface area contributed by atoms with Crippen LogP contribution in [0.25, 0.3) is 0 Å². The van der Waals surface area contributed by atoms with Crippen molar-refractivity contribution in [1.82, 2.24) is 0 Å². The van der Waals surface area contributed by atoms with Crippen molar-refractivity contribution in [3.63, 3.8) is 0 Å². The molecule has 0 aromatic heterocycles. The molecule has 0 atom stereocenters. The lowest BCUT2D eigenvalue weighted by molar-refractivity contribution is -0.113. The monoisotopic (exact) mass is 474 g/mol. The van der Waals surface area contributed by atoms with E-state index >= 15 is 0 Å². The van der Waals surface area contributed by atoms with Crippen molar-refractivity contribution in [2.75, 3.05) is 86.4 Å². The van der Waals surface area contributed by atoms with Crippen LogP contribution in [-0.4, -0.2) is 102 Å². The maximum absolute atomic E-state index is 9.01. The van der Waals surface area contributed by atoms with Crippen molar-refractivity contribution in [2.45, 2.75) is 25.9 Å². The number of ether oxygens (including phenoxy) is 6. The Hall–Kier alpha value is -1.30. The molecule has 0 unspecified atom stereocenters. The minimum atomic E-state index is -0.582. The number of benzene rings is 1. The zero-order valence-corrected chi connectivity index (χ0v) is 19.9. The first-order valence-electron chi connectivity index (χ1n) is 11.5. The molecule has 3 N–H and O–H groups in total. The van der Waals surface area contributed by atoms with Gasteiger partial charge < -0.3 is 43.7 Å². The molecular formula is C24H42O9. The van der Waals surface area contributed by atoms with Gasteiger partial charge in [-0.2, -0.15) is 0 Å². The average Bonchev–Trinajstić information content (AvgIpc) is 2.84. The molecule has 1 rings (SSSR count). The Kier molecular flexibility index (Phi) is 18.1. The van der Waals surface area contributed by atoms with Crippen LogP contribution in [0.5, 0.6) is 5.75 Å². The van der Waals surface area contributed by atoms with Crippen LogP contribution < -0.4 is 4.74 Å². The summed E-state index contributed by atoms with van der Waals surface area (Å²) in [5.74, 6) is 0.836. The number of unbranched alkanes of at least 4 members (excludes halogenated alkanes) is 2. The fraction of sp³-hybridized carbons (Fsp3) is 0.750. The predicted molar refractivity (Wildman–Crippen MR) is 123 cm³/mol. The second-order valence-electron chi connectivity index (χ2n) is 7.84. The molecule has 1 aromatic rings. The molecule has 0 saturated heterocycles. The molecule has 192 valence electrons. The van der Waals surface area contributed by atoms with Gasteiger partial charge in [-0.1, -0.05) is 12.1 Å². The van der Waals surface area contributed by atoms with Crippen LogP contribution in [0.2, 0.25) is 0 Å². The van der Waals surface area contributed by atoms with E-state index in [4.69, 9.17) is 43.7 Å². The van der Waals surface area contributed by atoms with Crippen molar-refractivity contribution in [3.05, 3.63) is 29.8 Å². The van der Waals surface area contributed by atoms with E-state index in [1.165, 1.54) is 0 Å². The van der Waals surface area contributed by atoms with E-state index in [9.17, 15) is 0 Å². The van der Waals surface area contributed by atoms with Gasteiger partial charge in [-0.15, -0.1) is 0 Å². The highest BCUT2D eigenvalue weighted by Gasteiger charge is 2.32. The number of aliphatic hydroxyl groups is 3. The van der Waals surface area contributed by atoms with E-state index < -0.39 is 5.41 Å². The molecule has 0 aliphatic carbocycles. The van der Waals surface area contributed by atoms with Gasteiger partial charge in [0, 0.05) is 13.2 Å². The van der Waals surface area contributed by atoms with E-state index in [2.05, 4.69) is 0 Å². The highest BCUT2D eigenvalue weighted by atomic mass is 16.5. The summed E-state index contributed by atoms with van der Waals surface area (Å²) in [5, 5.41) is 27.0. The molecule has 0 radical (unpaired) electrons. The van der Waals surface area contributed by atoms with E-state index in [1.807, 2.05) is 24.3 Å². The summed E-state index contributed by atoms with van der Waals surface area (Å²) in [5.41, 5.74) is 0.534. The van der Waals surface area contributed by atoms with E-state index in [1.54, 1.807) is 7.11 Å². The zero-order valence-electron chi connectivity index (χ0n) is 19.9. The molecule has 0 spiro atoms. The van der Waals surface area contributed by atoms with Crippen molar-refractivity contribution >= 4 is 0 Å². The second kappa shape index (κ2) is 20.1. The standard InChI is InChI=1S/C24H42O9/c1-28-23-7-5-22(6-8-23)17-29-12-3-2-4-13-30-18-24(19-31-14-9-25,20-32-15-10-26)21-33-16-11-27/h5-8,25-27H,2-4,9-21H2,1H3. The van der Waals surface area contributed by atoms with Gasteiger partial charge in [0.25, 0.3) is 0 Å². The minimum Gasteiger partial charge on any atom is -0.497 e. The topological polar surface area (TPSA) is 116 Å². The van der Waals surface area contributed by atoms with Crippen LogP contribution in [0, 0.1) is 5.41 Å². The SMILES string of the molecule is COc1ccc(COCCCCCOCC(COCCO)(COCCO)COCCO)cc1. The summed E-state index contributed by atoms with van der Waals surface area (Å²) in [6, 6.07) is 7.85. The Labute approximate surface area is 197 Å². The molecule has 1 aromatic carbocycles. The van der Waals surface area contributed by atoms with Gasteiger partial charge in [0.2, 0.25) is 0 Å². The second-order valence-corrected chi connectivity index (χ2v) is 7.84. The van der Waals surface area contributed by atoms with E-state index in [0.29, 0.717) is 26.4 Å². The summed E-state index contributed by atoms with van der Waals surface area (Å²) >= 11 is 0. The molecular weight excluding hydrogens is 432 g/mol. The Balaban J connectivity index is 2.28. The molecule has 0 fully saturated rings. The zero-order chi connectivity index (χ0) is 24.0. The Bertz CT molecular complexity index is 527. The maximum Gasteiger partial charge on any atom is 0.118 e. The van der Waals surface area contributed by atoms with Crippen LogP contribution in [0.1, 0.15) is 24.8 Å². The van der Waals surface area contributed by atoms with Crippen molar-refractivity contribution in [3.8, 4) is 5.75 Å². The Morgan fingerprint density at radius 3 is 1.52 bits per heavy atom. The first-order valence-corrected chi connectivity index (χ1v) is 11.5. The van der Waals surface area contributed by atoms with Crippen molar-refractivity contribution in [2.24, 2.45) is 5.41 Å². The summed E-state index contributed by atoms with van der Waals surface area (Å²) in [6.45, 7) is 3.44. The predicted octanol–water partition coefficient (Wildman–Crippen LogP) is 1.41. The fourth-order valence-electron chi connectivity index (χ4n) is 3.10. The normalized spacial score (nSPS) is 11.8. The molecule has 33 heavy (non-hydrogen) atoms. The summed E-state index contributed by atoms with van der Waals surface area (Å²) < 4.78 is 33.4. The summed E-state index contributed by atoms with van der Waals surface area (Å²) in [4.78, 5) is 0. The van der Waals surface area contributed by atoms with Gasteiger partial charge in [-0.05, 0) is 37.0 Å². The van der Waals surface area contributed by atoms with E-state index in [0.717, 1.165) is 30.6 Å². The molecule has 0 amide bonds. The number of methoxy groups -OCH3 is 1. The summed E-state index contributed by atoms with van der Waals surface area (Å²) in [7, 11) is 1.65. The molecule has 9 heteroatoms. The first kappa shape index (κ1) is 29.7. The van der Waals surface area contributed by atoms with Crippen molar-refractivity contribution in [1.29, 1.82) is 0 Å². The maximum atomic E-state index is 9.01. The van der Waals surface area contributed by atoms with E-state index in [-0.39, 0.29) is 59.5 Å². The fourth-order valence-corrected chi connectivity index (χ4v) is 3.10. The highest BCUT2D eigenvalue weighted by molar-refractivity contribution is 5.26. The molecule has 0 bridgehead atoms. The van der Waals surface area contributed by atoms with Gasteiger partial charge in [0.1, 0.15) is 5.75 Å². The van der Waals surface area contributed by atoms with Crippen LogP contribution in [0.3, 0.4) is 0 Å². The van der Waals surface area contributed by atoms with Gasteiger partial charge in [0.05, 0.1) is 85.2 Å².